The molecule has 10 nitrogen and oxygen atoms in total. The lowest BCUT2D eigenvalue weighted by molar-refractivity contribution is -0.123. The number of aromatic nitrogens is 4. The lowest BCUT2D eigenvalue weighted by Gasteiger charge is -2.18. The van der Waals surface area contributed by atoms with Crippen LogP contribution in [-0.2, 0) is 30.2 Å². The molecule has 3 aromatic rings. The molecule has 0 unspecified atom stereocenters. The van der Waals surface area contributed by atoms with E-state index in [-0.39, 0.29) is 17.1 Å². The number of nitrogens with zero attached hydrogens (tertiary/aromatic N) is 4. The van der Waals surface area contributed by atoms with Gasteiger partial charge in [-0.05, 0) is 18.2 Å². The third-order valence-corrected chi connectivity index (χ3v) is 4.59. The summed E-state index contributed by atoms with van der Waals surface area (Å²) >= 11 is 0. The summed E-state index contributed by atoms with van der Waals surface area (Å²) in [6.07, 6.45) is 1.44. The van der Waals surface area contributed by atoms with Crippen LogP contribution in [0.25, 0.3) is 11.2 Å². The monoisotopic (exact) mass is 412 g/mol. The van der Waals surface area contributed by atoms with Crippen LogP contribution in [0.1, 0.15) is 20.8 Å². The van der Waals surface area contributed by atoms with Gasteiger partial charge in [-0.25, -0.2) is 14.3 Å². The highest BCUT2D eigenvalue weighted by Gasteiger charge is 2.21. The van der Waals surface area contributed by atoms with E-state index in [0.29, 0.717) is 11.4 Å². The number of carbonyl (C=O) groups is 2. The molecular formula is C20H24N6O4. The van der Waals surface area contributed by atoms with Gasteiger partial charge in [0.05, 0.1) is 6.33 Å². The Morgan fingerprint density at radius 1 is 1.07 bits per heavy atom. The van der Waals surface area contributed by atoms with Crippen molar-refractivity contribution in [3.05, 3.63) is 51.4 Å². The average Bonchev–Trinajstić information content (AvgIpc) is 3.05. The Morgan fingerprint density at radius 2 is 1.70 bits per heavy atom. The van der Waals surface area contributed by atoms with Gasteiger partial charge < -0.3 is 15.2 Å². The van der Waals surface area contributed by atoms with Crippen LogP contribution in [0, 0.1) is 5.41 Å². The molecule has 0 spiro atoms. The molecule has 1 aromatic carbocycles. The molecule has 0 atom stereocenters. The number of fused-ring (bicyclic) bond motifs is 1. The van der Waals surface area contributed by atoms with Crippen molar-refractivity contribution in [3.63, 3.8) is 0 Å². The molecule has 2 amide bonds. The lowest BCUT2D eigenvalue weighted by atomic mass is 9.95. The minimum absolute atomic E-state index is 0.162. The Labute approximate surface area is 172 Å². The lowest BCUT2D eigenvalue weighted by Crippen LogP contribution is -2.42. The number of imidazole rings is 1. The van der Waals surface area contributed by atoms with Gasteiger partial charge in [0.15, 0.2) is 11.2 Å². The fraction of sp³-hybridized carbons (Fsp3) is 0.350. The molecule has 10 heteroatoms. The van der Waals surface area contributed by atoms with E-state index in [9.17, 15) is 19.2 Å². The van der Waals surface area contributed by atoms with E-state index in [0.717, 1.165) is 4.57 Å². The minimum atomic E-state index is -0.632. The molecule has 2 aromatic heterocycles. The van der Waals surface area contributed by atoms with E-state index < -0.39 is 29.1 Å². The highest BCUT2D eigenvalue weighted by molar-refractivity contribution is 5.96. The number of aryl methyl sites for hydroxylation is 2. The van der Waals surface area contributed by atoms with Crippen LogP contribution in [0.4, 0.5) is 11.4 Å². The maximum Gasteiger partial charge on any atom is 0.332 e. The number of hydrogen-bond acceptors (Lipinski definition) is 5. The molecule has 0 aliphatic carbocycles. The summed E-state index contributed by atoms with van der Waals surface area (Å²) in [5, 5.41) is 5.44. The summed E-state index contributed by atoms with van der Waals surface area (Å²) < 4.78 is 3.60. The molecule has 0 bridgehead atoms. The Kier molecular flexibility index (Phi) is 5.34. The predicted molar refractivity (Wildman–Crippen MR) is 113 cm³/mol. The average molecular weight is 412 g/mol. The van der Waals surface area contributed by atoms with Crippen molar-refractivity contribution in [2.24, 2.45) is 19.5 Å². The number of hydrogen-bond donors (Lipinski definition) is 2. The summed E-state index contributed by atoms with van der Waals surface area (Å²) in [6, 6.07) is 6.64. The molecule has 30 heavy (non-hydrogen) atoms. The molecule has 0 aliphatic heterocycles. The van der Waals surface area contributed by atoms with Crippen molar-refractivity contribution in [1.29, 1.82) is 0 Å². The summed E-state index contributed by atoms with van der Waals surface area (Å²) in [6.45, 7) is 4.94. The van der Waals surface area contributed by atoms with Gasteiger partial charge >= 0.3 is 5.69 Å². The summed E-state index contributed by atoms with van der Waals surface area (Å²) in [4.78, 5) is 53.9. The highest BCUT2D eigenvalue weighted by Crippen LogP contribution is 2.20. The van der Waals surface area contributed by atoms with E-state index in [2.05, 4.69) is 15.6 Å². The van der Waals surface area contributed by atoms with Crippen LogP contribution in [0.15, 0.2) is 40.2 Å². The third-order valence-electron chi connectivity index (χ3n) is 4.59. The Bertz CT molecular complexity index is 1260. The smallest absolute Gasteiger partial charge is 0.328 e. The number of carbonyl (C=O) groups excluding carboxylic acids is 2. The van der Waals surface area contributed by atoms with Crippen molar-refractivity contribution in [2.45, 2.75) is 27.3 Å². The van der Waals surface area contributed by atoms with Crippen LogP contribution in [0.5, 0.6) is 0 Å². The first kappa shape index (κ1) is 21.0. The topological polar surface area (TPSA) is 120 Å². The molecule has 2 N–H and O–H groups in total. The molecule has 158 valence electrons. The standard InChI is InChI=1S/C20H24N6O4/c1-20(2,3)18(29)23-13-8-6-7-12(9-13)22-14(27)10-26-17(28)15-16(21-11-24(15)4)25(5)19(26)30/h6-9,11H,10H2,1-5H3,(H,22,27)(H,23,29). The zero-order chi connectivity index (χ0) is 22.2. The van der Waals surface area contributed by atoms with E-state index >= 15 is 0 Å². The third kappa shape index (κ3) is 4.02. The van der Waals surface area contributed by atoms with E-state index in [1.807, 2.05) is 0 Å². The normalized spacial score (nSPS) is 11.5. The fourth-order valence-electron chi connectivity index (χ4n) is 2.87. The number of amides is 2. The van der Waals surface area contributed by atoms with Crippen molar-refractivity contribution in [1.82, 2.24) is 18.7 Å². The first-order valence-corrected chi connectivity index (χ1v) is 9.31. The van der Waals surface area contributed by atoms with Crippen molar-refractivity contribution in [3.8, 4) is 0 Å². The molecule has 2 heterocycles. The number of anilines is 2. The molecule has 0 aliphatic rings. The second-order valence-corrected chi connectivity index (χ2v) is 8.09. The first-order chi connectivity index (χ1) is 14.0. The molecule has 0 saturated heterocycles. The van der Waals surface area contributed by atoms with Gasteiger partial charge in [0.1, 0.15) is 6.54 Å². The fourth-order valence-corrected chi connectivity index (χ4v) is 2.87. The van der Waals surface area contributed by atoms with E-state index in [4.69, 9.17) is 0 Å². The summed E-state index contributed by atoms with van der Waals surface area (Å²) in [7, 11) is 3.13. The van der Waals surface area contributed by atoms with Gasteiger partial charge in [0, 0.05) is 30.9 Å². The zero-order valence-corrected chi connectivity index (χ0v) is 17.5. The SMILES string of the molecule is Cn1cnc2c1c(=O)n(CC(=O)Nc1cccc(NC(=O)C(C)(C)C)c1)c(=O)n2C. The molecule has 0 fully saturated rings. The van der Waals surface area contributed by atoms with Crippen LogP contribution >= 0.6 is 0 Å². The highest BCUT2D eigenvalue weighted by atomic mass is 16.2. The van der Waals surface area contributed by atoms with Crippen molar-refractivity contribution >= 4 is 34.4 Å². The second-order valence-electron chi connectivity index (χ2n) is 8.09. The van der Waals surface area contributed by atoms with Crippen LogP contribution < -0.4 is 21.9 Å². The molecular weight excluding hydrogens is 388 g/mol. The quantitative estimate of drug-likeness (QED) is 0.664. The van der Waals surface area contributed by atoms with Gasteiger partial charge in [0.25, 0.3) is 5.56 Å². The number of nitrogens with one attached hydrogen (secondary N) is 2. The molecule has 0 radical (unpaired) electrons. The van der Waals surface area contributed by atoms with Crippen molar-refractivity contribution in [2.75, 3.05) is 10.6 Å². The first-order valence-electron chi connectivity index (χ1n) is 9.31. The Morgan fingerprint density at radius 3 is 2.33 bits per heavy atom. The van der Waals surface area contributed by atoms with Gasteiger partial charge in [-0.2, -0.15) is 0 Å². The predicted octanol–water partition coefficient (Wildman–Crippen LogP) is 1.06. The van der Waals surface area contributed by atoms with Gasteiger partial charge in [-0.15, -0.1) is 0 Å². The number of rotatable bonds is 4. The zero-order valence-electron chi connectivity index (χ0n) is 17.5. The minimum Gasteiger partial charge on any atom is -0.328 e. The van der Waals surface area contributed by atoms with Crippen LogP contribution in [-0.4, -0.2) is 30.5 Å². The Hall–Kier alpha value is -3.69. The van der Waals surface area contributed by atoms with Crippen molar-refractivity contribution < 1.29 is 9.59 Å². The van der Waals surface area contributed by atoms with Gasteiger partial charge in [0.2, 0.25) is 11.8 Å². The summed E-state index contributed by atoms with van der Waals surface area (Å²) in [5.41, 5.74) is -0.342. The summed E-state index contributed by atoms with van der Waals surface area (Å²) in [5.74, 6) is -0.708. The van der Waals surface area contributed by atoms with Gasteiger partial charge in [-0.3, -0.25) is 19.0 Å². The van der Waals surface area contributed by atoms with E-state index in [1.165, 1.54) is 22.5 Å². The maximum atomic E-state index is 12.7. The molecule has 0 saturated carbocycles. The second kappa shape index (κ2) is 7.62. The van der Waals surface area contributed by atoms with E-state index in [1.54, 1.807) is 52.1 Å². The molecule has 3 rings (SSSR count). The largest absolute Gasteiger partial charge is 0.332 e. The number of benzene rings is 1. The van der Waals surface area contributed by atoms with Crippen LogP contribution in [0.2, 0.25) is 0 Å². The maximum absolute atomic E-state index is 12.7. The van der Waals surface area contributed by atoms with Crippen LogP contribution in [0.3, 0.4) is 0 Å². The Balaban J connectivity index is 1.83. The van der Waals surface area contributed by atoms with Gasteiger partial charge in [-0.1, -0.05) is 26.8 Å².